The van der Waals surface area contributed by atoms with E-state index in [2.05, 4.69) is 10.5 Å². The zero-order chi connectivity index (χ0) is 22.6. The van der Waals surface area contributed by atoms with E-state index in [0.29, 0.717) is 36.9 Å². The van der Waals surface area contributed by atoms with Gasteiger partial charge in [-0.25, -0.2) is 5.43 Å². The van der Waals surface area contributed by atoms with Gasteiger partial charge in [0.1, 0.15) is 12.4 Å². The van der Waals surface area contributed by atoms with E-state index in [1.165, 1.54) is 0 Å². The van der Waals surface area contributed by atoms with E-state index < -0.39 is 0 Å². The topological polar surface area (TPSA) is 69.2 Å². The second kappa shape index (κ2) is 12.2. The highest BCUT2D eigenvalue weighted by molar-refractivity contribution is 5.95. The fourth-order valence-corrected chi connectivity index (χ4v) is 2.90. The molecule has 0 aliphatic heterocycles. The van der Waals surface area contributed by atoms with Crippen LogP contribution in [0.1, 0.15) is 41.8 Å². The van der Waals surface area contributed by atoms with Crippen molar-refractivity contribution < 1.29 is 19.0 Å². The van der Waals surface area contributed by atoms with Crippen LogP contribution >= 0.6 is 0 Å². The number of benzene rings is 3. The van der Waals surface area contributed by atoms with Gasteiger partial charge in [0.05, 0.1) is 19.4 Å². The van der Waals surface area contributed by atoms with Crippen LogP contribution < -0.4 is 19.6 Å². The molecule has 6 heteroatoms. The molecule has 3 aromatic carbocycles. The van der Waals surface area contributed by atoms with E-state index in [4.69, 9.17) is 14.2 Å². The quantitative estimate of drug-likeness (QED) is 0.333. The maximum atomic E-state index is 12.5. The minimum Gasteiger partial charge on any atom is -0.490 e. The van der Waals surface area contributed by atoms with Crippen LogP contribution in [0.4, 0.5) is 0 Å². The van der Waals surface area contributed by atoms with Crippen LogP contribution in [-0.2, 0) is 6.61 Å². The predicted molar refractivity (Wildman–Crippen MR) is 126 cm³/mol. The maximum Gasteiger partial charge on any atom is 0.271 e. The molecular formula is C26H28N2O4. The molecule has 0 heterocycles. The van der Waals surface area contributed by atoms with Crippen molar-refractivity contribution in [3.8, 4) is 17.2 Å². The van der Waals surface area contributed by atoms with Gasteiger partial charge >= 0.3 is 0 Å². The highest BCUT2D eigenvalue weighted by Crippen LogP contribution is 2.28. The lowest BCUT2D eigenvalue weighted by molar-refractivity contribution is 0.0954. The average Bonchev–Trinajstić information content (AvgIpc) is 2.83. The number of hydrogen-bond donors (Lipinski definition) is 1. The fraction of sp³-hybridized carbons (Fsp3) is 0.231. The molecule has 6 nitrogen and oxygen atoms in total. The molecule has 1 N–H and O–H groups in total. The van der Waals surface area contributed by atoms with Crippen LogP contribution in [0.2, 0.25) is 0 Å². The molecule has 0 saturated carbocycles. The fourth-order valence-electron chi connectivity index (χ4n) is 2.90. The van der Waals surface area contributed by atoms with Crippen molar-refractivity contribution in [2.75, 3.05) is 13.2 Å². The molecule has 0 bridgehead atoms. The van der Waals surface area contributed by atoms with Gasteiger partial charge in [-0.3, -0.25) is 4.79 Å². The summed E-state index contributed by atoms with van der Waals surface area (Å²) in [6.45, 7) is 5.47. The van der Waals surface area contributed by atoms with Gasteiger partial charge in [-0.1, -0.05) is 49.4 Å². The van der Waals surface area contributed by atoms with Crippen molar-refractivity contribution in [1.29, 1.82) is 0 Å². The molecule has 166 valence electrons. The number of amides is 1. The highest BCUT2D eigenvalue weighted by Gasteiger charge is 2.11. The van der Waals surface area contributed by atoms with E-state index in [-0.39, 0.29) is 5.91 Å². The Morgan fingerprint density at radius 3 is 2.53 bits per heavy atom. The van der Waals surface area contributed by atoms with Crippen LogP contribution in [0.25, 0.3) is 0 Å². The number of carbonyl (C=O) groups is 1. The molecule has 0 aromatic heterocycles. The number of nitrogens with one attached hydrogen (secondary N) is 1. The Balaban J connectivity index is 1.59. The smallest absolute Gasteiger partial charge is 0.271 e. The first-order valence-corrected chi connectivity index (χ1v) is 10.7. The molecule has 0 aliphatic carbocycles. The number of rotatable bonds is 11. The Morgan fingerprint density at radius 1 is 0.906 bits per heavy atom. The summed E-state index contributed by atoms with van der Waals surface area (Å²) < 4.78 is 17.1. The molecule has 0 aliphatic rings. The molecule has 1 amide bonds. The lowest BCUT2D eigenvalue weighted by atomic mass is 10.2. The van der Waals surface area contributed by atoms with Gasteiger partial charge in [0.25, 0.3) is 5.91 Å². The predicted octanol–water partition coefficient (Wildman–Crippen LogP) is 5.22. The van der Waals surface area contributed by atoms with Crippen molar-refractivity contribution in [3.63, 3.8) is 0 Å². The molecule has 0 atom stereocenters. The SMILES string of the molecule is CCCOc1ccc(C(=O)N/N=C/c2cccc(OCc3ccccc3)c2)cc1OCC. The second-order valence-electron chi connectivity index (χ2n) is 6.99. The minimum absolute atomic E-state index is 0.333. The first kappa shape index (κ1) is 22.9. The van der Waals surface area contributed by atoms with E-state index in [1.54, 1.807) is 24.4 Å². The molecular weight excluding hydrogens is 404 g/mol. The van der Waals surface area contributed by atoms with Crippen molar-refractivity contribution in [3.05, 3.63) is 89.5 Å². The van der Waals surface area contributed by atoms with Gasteiger partial charge in [-0.15, -0.1) is 0 Å². The van der Waals surface area contributed by atoms with Crippen LogP contribution in [0.5, 0.6) is 17.2 Å². The van der Waals surface area contributed by atoms with Crippen LogP contribution in [0, 0.1) is 0 Å². The third-order valence-corrected chi connectivity index (χ3v) is 4.45. The summed E-state index contributed by atoms with van der Waals surface area (Å²) in [5, 5.41) is 4.07. The summed E-state index contributed by atoms with van der Waals surface area (Å²) >= 11 is 0. The lowest BCUT2D eigenvalue weighted by Crippen LogP contribution is -2.17. The Morgan fingerprint density at radius 2 is 1.75 bits per heavy atom. The normalized spacial score (nSPS) is 10.7. The summed E-state index contributed by atoms with van der Waals surface area (Å²) in [7, 11) is 0. The Labute approximate surface area is 188 Å². The van der Waals surface area contributed by atoms with Gasteiger partial charge in [-0.2, -0.15) is 5.10 Å². The van der Waals surface area contributed by atoms with E-state index in [0.717, 1.165) is 23.3 Å². The number of carbonyl (C=O) groups excluding carboxylic acids is 1. The maximum absolute atomic E-state index is 12.5. The Hall–Kier alpha value is -3.80. The van der Waals surface area contributed by atoms with Crippen molar-refractivity contribution in [2.45, 2.75) is 26.9 Å². The molecule has 0 saturated heterocycles. The third-order valence-electron chi connectivity index (χ3n) is 4.45. The number of hydrogen-bond acceptors (Lipinski definition) is 5. The molecule has 0 radical (unpaired) electrons. The van der Waals surface area contributed by atoms with Crippen molar-refractivity contribution in [1.82, 2.24) is 5.43 Å². The second-order valence-corrected chi connectivity index (χ2v) is 6.99. The summed E-state index contributed by atoms with van der Waals surface area (Å²) in [6, 6.07) is 22.6. The first-order chi connectivity index (χ1) is 15.7. The number of nitrogens with zero attached hydrogens (tertiary/aromatic N) is 1. The standard InChI is InChI=1S/C26H28N2O4/c1-3-15-31-24-14-13-22(17-25(24)30-4-2)26(29)28-27-18-21-11-8-12-23(16-21)32-19-20-9-6-5-7-10-20/h5-14,16-18H,3-4,15,19H2,1-2H3,(H,28,29)/b27-18+. The molecule has 3 aromatic rings. The largest absolute Gasteiger partial charge is 0.490 e. The molecule has 32 heavy (non-hydrogen) atoms. The van der Waals surface area contributed by atoms with Crippen molar-refractivity contribution in [2.24, 2.45) is 5.10 Å². The summed E-state index contributed by atoms with van der Waals surface area (Å²) in [5.74, 6) is 1.57. The summed E-state index contributed by atoms with van der Waals surface area (Å²) in [4.78, 5) is 12.5. The van der Waals surface area contributed by atoms with Crippen LogP contribution in [0.3, 0.4) is 0 Å². The zero-order valence-electron chi connectivity index (χ0n) is 18.4. The molecule has 0 unspecified atom stereocenters. The monoisotopic (exact) mass is 432 g/mol. The van der Waals surface area contributed by atoms with E-state index >= 15 is 0 Å². The number of hydrazone groups is 1. The summed E-state index contributed by atoms with van der Waals surface area (Å²) in [6.07, 6.45) is 2.47. The lowest BCUT2D eigenvalue weighted by Gasteiger charge is -2.12. The van der Waals surface area contributed by atoms with E-state index in [9.17, 15) is 4.79 Å². The average molecular weight is 433 g/mol. The van der Waals surface area contributed by atoms with E-state index in [1.807, 2.05) is 68.4 Å². The van der Waals surface area contributed by atoms with Gasteiger partial charge in [0.15, 0.2) is 11.5 Å². The Bertz CT molecular complexity index is 1040. The molecule has 3 rings (SSSR count). The van der Waals surface area contributed by atoms with Gasteiger partial charge < -0.3 is 14.2 Å². The molecule has 0 fully saturated rings. The Kier molecular flexibility index (Phi) is 8.69. The summed E-state index contributed by atoms with van der Waals surface area (Å²) in [5.41, 5.74) is 4.90. The van der Waals surface area contributed by atoms with Gasteiger partial charge in [0, 0.05) is 5.56 Å². The third kappa shape index (κ3) is 6.87. The minimum atomic E-state index is -0.333. The first-order valence-electron chi connectivity index (χ1n) is 10.7. The van der Waals surface area contributed by atoms with Crippen LogP contribution in [0.15, 0.2) is 77.9 Å². The zero-order valence-corrected chi connectivity index (χ0v) is 18.4. The molecule has 0 spiro atoms. The van der Waals surface area contributed by atoms with Gasteiger partial charge in [-0.05, 0) is 54.8 Å². The van der Waals surface area contributed by atoms with Gasteiger partial charge in [0.2, 0.25) is 0 Å². The number of ether oxygens (including phenoxy) is 3. The van der Waals surface area contributed by atoms with Crippen LogP contribution in [-0.4, -0.2) is 25.3 Å². The van der Waals surface area contributed by atoms with Crippen molar-refractivity contribution >= 4 is 12.1 Å². The highest BCUT2D eigenvalue weighted by atomic mass is 16.5.